The molecule has 8 heteroatoms. The smallest absolute Gasteiger partial charge is 0.254 e. The molecule has 1 fully saturated rings. The topological polar surface area (TPSA) is 70.7 Å². The predicted octanol–water partition coefficient (Wildman–Crippen LogP) is 3.27. The van der Waals surface area contributed by atoms with Crippen molar-refractivity contribution in [3.63, 3.8) is 0 Å². The SMILES string of the molecule is COc1ccc(N2CCC(NC(=O)CCCNC(=O)c3ccc(F)cc3F)CC2)cc1. The second-order valence-corrected chi connectivity index (χ2v) is 7.51. The number of piperidine rings is 1. The van der Waals surface area contributed by atoms with Gasteiger partial charge < -0.3 is 20.3 Å². The molecule has 0 unspecified atom stereocenters. The van der Waals surface area contributed by atoms with Gasteiger partial charge in [-0.15, -0.1) is 0 Å². The van der Waals surface area contributed by atoms with Crippen LogP contribution in [0.3, 0.4) is 0 Å². The van der Waals surface area contributed by atoms with E-state index in [-0.39, 0.29) is 30.5 Å². The van der Waals surface area contributed by atoms with E-state index in [0.29, 0.717) is 12.5 Å². The van der Waals surface area contributed by atoms with E-state index in [1.807, 2.05) is 24.3 Å². The number of rotatable bonds is 8. The number of carbonyl (C=O) groups is 2. The Hall–Kier alpha value is -3.16. The zero-order valence-corrected chi connectivity index (χ0v) is 17.5. The first kappa shape index (κ1) is 22.5. The lowest BCUT2D eigenvalue weighted by atomic mass is 10.0. The van der Waals surface area contributed by atoms with Gasteiger partial charge >= 0.3 is 0 Å². The Labute approximate surface area is 180 Å². The number of nitrogens with one attached hydrogen (secondary N) is 2. The summed E-state index contributed by atoms with van der Waals surface area (Å²) in [6.45, 7) is 1.95. The molecule has 0 aromatic heterocycles. The zero-order valence-electron chi connectivity index (χ0n) is 17.5. The van der Waals surface area contributed by atoms with E-state index < -0.39 is 17.5 Å². The van der Waals surface area contributed by atoms with Gasteiger partial charge in [0.15, 0.2) is 0 Å². The van der Waals surface area contributed by atoms with Crippen LogP contribution in [0.25, 0.3) is 0 Å². The molecule has 2 aromatic carbocycles. The normalized spacial score (nSPS) is 14.2. The molecule has 0 spiro atoms. The van der Waals surface area contributed by atoms with Crippen LogP contribution in [0, 0.1) is 11.6 Å². The van der Waals surface area contributed by atoms with Gasteiger partial charge in [-0.2, -0.15) is 0 Å². The van der Waals surface area contributed by atoms with Gasteiger partial charge in [0, 0.05) is 43.9 Å². The Morgan fingerprint density at radius 3 is 2.45 bits per heavy atom. The maximum atomic E-state index is 13.6. The molecule has 1 aliphatic heterocycles. The Morgan fingerprint density at radius 1 is 1.10 bits per heavy atom. The Bertz CT molecular complexity index is 897. The number of carbonyl (C=O) groups excluding carboxylic acids is 2. The average molecular weight is 431 g/mol. The van der Waals surface area contributed by atoms with Crippen molar-refractivity contribution in [2.75, 3.05) is 31.6 Å². The second kappa shape index (κ2) is 10.7. The summed E-state index contributed by atoms with van der Waals surface area (Å²) >= 11 is 0. The first-order chi connectivity index (χ1) is 15.0. The van der Waals surface area contributed by atoms with Gasteiger partial charge in [0.2, 0.25) is 5.91 Å². The van der Waals surface area contributed by atoms with Crippen LogP contribution in [0.1, 0.15) is 36.0 Å². The highest BCUT2D eigenvalue weighted by Gasteiger charge is 2.21. The van der Waals surface area contributed by atoms with Crippen LogP contribution in [-0.2, 0) is 4.79 Å². The Balaban J connectivity index is 1.33. The zero-order chi connectivity index (χ0) is 22.2. The molecule has 2 amide bonds. The number of ether oxygens (including phenoxy) is 1. The molecule has 166 valence electrons. The molecule has 6 nitrogen and oxygen atoms in total. The number of hydrogen-bond acceptors (Lipinski definition) is 4. The highest BCUT2D eigenvalue weighted by atomic mass is 19.1. The van der Waals surface area contributed by atoms with Gasteiger partial charge in [-0.25, -0.2) is 8.78 Å². The largest absolute Gasteiger partial charge is 0.497 e. The van der Waals surface area contributed by atoms with Crippen molar-refractivity contribution < 1.29 is 23.1 Å². The minimum absolute atomic E-state index is 0.0647. The third-order valence-electron chi connectivity index (χ3n) is 5.34. The summed E-state index contributed by atoms with van der Waals surface area (Å²) in [6, 6.07) is 10.9. The van der Waals surface area contributed by atoms with Gasteiger partial charge in [0.05, 0.1) is 12.7 Å². The lowest BCUT2D eigenvalue weighted by Gasteiger charge is -2.34. The molecule has 1 heterocycles. The van der Waals surface area contributed by atoms with E-state index in [1.165, 1.54) is 0 Å². The van der Waals surface area contributed by atoms with Crippen molar-refractivity contribution in [2.24, 2.45) is 0 Å². The molecule has 0 aliphatic carbocycles. The summed E-state index contributed by atoms with van der Waals surface area (Å²) in [5, 5.41) is 5.60. The number of halogens is 2. The van der Waals surface area contributed by atoms with Gasteiger partial charge in [-0.1, -0.05) is 0 Å². The summed E-state index contributed by atoms with van der Waals surface area (Å²) in [7, 11) is 1.64. The van der Waals surface area contributed by atoms with Crippen LogP contribution < -0.4 is 20.3 Å². The molecule has 0 bridgehead atoms. The number of amides is 2. The third-order valence-corrected chi connectivity index (χ3v) is 5.34. The lowest BCUT2D eigenvalue weighted by molar-refractivity contribution is -0.122. The van der Waals surface area contributed by atoms with Gasteiger partial charge in [-0.3, -0.25) is 9.59 Å². The first-order valence-corrected chi connectivity index (χ1v) is 10.4. The van der Waals surface area contributed by atoms with Crippen LogP contribution in [-0.4, -0.2) is 44.6 Å². The van der Waals surface area contributed by atoms with Crippen molar-refractivity contribution in [2.45, 2.75) is 31.7 Å². The maximum absolute atomic E-state index is 13.6. The second-order valence-electron chi connectivity index (χ2n) is 7.51. The number of nitrogens with zero attached hydrogens (tertiary/aromatic N) is 1. The van der Waals surface area contributed by atoms with Crippen molar-refractivity contribution >= 4 is 17.5 Å². The number of methoxy groups -OCH3 is 1. The molecule has 0 atom stereocenters. The van der Waals surface area contributed by atoms with Crippen molar-refractivity contribution in [1.29, 1.82) is 0 Å². The average Bonchev–Trinajstić information content (AvgIpc) is 2.77. The van der Waals surface area contributed by atoms with Crippen molar-refractivity contribution in [1.82, 2.24) is 10.6 Å². The fraction of sp³-hybridized carbons (Fsp3) is 0.391. The molecular weight excluding hydrogens is 404 g/mol. The predicted molar refractivity (Wildman–Crippen MR) is 114 cm³/mol. The van der Waals surface area contributed by atoms with Crippen molar-refractivity contribution in [3.8, 4) is 5.75 Å². The number of hydrogen-bond donors (Lipinski definition) is 2. The Kier molecular flexibility index (Phi) is 7.81. The van der Waals surface area contributed by atoms with Crippen LogP contribution in [0.2, 0.25) is 0 Å². The van der Waals surface area contributed by atoms with E-state index >= 15 is 0 Å². The van der Waals surface area contributed by atoms with E-state index in [4.69, 9.17) is 4.74 Å². The van der Waals surface area contributed by atoms with Gasteiger partial charge in [0.25, 0.3) is 5.91 Å². The lowest BCUT2D eigenvalue weighted by Crippen LogP contribution is -2.44. The highest BCUT2D eigenvalue weighted by molar-refractivity contribution is 5.94. The van der Waals surface area contributed by atoms with E-state index in [0.717, 1.165) is 49.5 Å². The fourth-order valence-electron chi connectivity index (χ4n) is 3.59. The number of anilines is 1. The molecular formula is C23H27F2N3O3. The molecule has 31 heavy (non-hydrogen) atoms. The molecule has 0 saturated carbocycles. The fourth-order valence-corrected chi connectivity index (χ4v) is 3.59. The van der Waals surface area contributed by atoms with Crippen LogP contribution in [0.15, 0.2) is 42.5 Å². The van der Waals surface area contributed by atoms with E-state index in [9.17, 15) is 18.4 Å². The van der Waals surface area contributed by atoms with Gasteiger partial charge in [0.1, 0.15) is 17.4 Å². The summed E-state index contributed by atoms with van der Waals surface area (Å²) in [4.78, 5) is 26.4. The maximum Gasteiger partial charge on any atom is 0.254 e. The van der Waals surface area contributed by atoms with E-state index in [1.54, 1.807) is 7.11 Å². The molecule has 3 rings (SSSR count). The minimum Gasteiger partial charge on any atom is -0.497 e. The number of benzene rings is 2. The summed E-state index contributed by atoms with van der Waals surface area (Å²) < 4.78 is 31.7. The quantitative estimate of drug-likeness (QED) is 0.630. The summed E-state index contributed by atoms with van der Waals surface area (Å²) in [5.74, 6) is -1.50. The molecule has 1 aliphatic rings. The van der Waals surface area contributed by atoms with Crippen LogP contribution >= 0.6 is 0 Å². The minimum atomic E-state index is -0.906. The molecule has 2 aromatic rings. The summed E-state index contributed by atoms with van der Waals surface area (Å²) in [5.41, 5.74) is 0.924. The summed E-state index contributed by atoms with van der Waals surface area (Å²) in [6.07, 6.45) is 2.42. The molecule has 1 saturated heterocycles. The molecule has 0 radical (unpaired) electrons. The monoisotopic (exact) mass is 431 g/mol. The first-order valence-electron chi connectivity index (χ1n) is 10.4. The molecule has 2 N–H and O–H groups in total. The van der Waals surface area contributed by atoms with Crippen LogP contribution in [0.5, 0.6) is 5.75 Å². The van der Waals surface area contributed by atoms with E-state index in [2.05, 4.69) is 15.5 Å². The standard InChI is InChI=1S/C23H27F2N3O3/c1-31-19-7-5-18(6-8-19)28-13-10-17(11-14-28)27-22(29)3-2-12-26-23(30)20-9-4-16(24)15-21(20)25/h4-9,15,17H,2-3,10-14H2,1H3,(H,26,30)(H,27,29). The Morgan fingerprint density at radius 2 is 1.81 bits per heavy atom. The van der Waals surface area contributed by atoms with Gasteiger partial charge in [-0.05, 0) is 55.7 Å². The highest BCUT2D eigenvalue weighted by Crippen LogP contribution is 2.22. The van der Waals surface area contributed by atoms with Crippen molar-refractivity contribution in [3.05, 3.63) is 59.7 Å². The third kappa shape index (κ3) is 6.41. The van der Waals surface area contributed by atoms with Crippen LogP contribution in [0.4, 0.5) is 14.5 Å².